The second-order valence-electron chi connectivity index (χ2n) is 10.6. The van der Waals surface area contributed by atoms with Crippen LogP contribution in [0.25, 0.3) is 34.0 Å². The molecule has 4 rings (SSSR count). The van der Waals surface area contributed by atoms with E-state index in [0.29, 0.717) is 35.5 Å². The SMILES string of the molecule is COCc1cc(-c2nc(-c3ccc(CN(C)CC(=O)OC(C)(C)C)cc3Cl)no2)ccc1-c1ccccc1C. The molecule has 8 heteroatoms. The summed E-state index contributed by atoms with van der Waals surface area (Å²) in [6, 6.07) is 20.0. The van der Waals surface area contributed by atoms with Crippen LogP contribution < -0.4 is 0 Å². The molecule has 0 aliphatic rings. The molecule has 0 radical (unpaired) electrons. The fourth-order valence-corrected chi connectivity index (χ4v) is 4.68. The van der Waals surface area contributed by atoms with Crippen molar-refractivity contribution in [1.82, 2.24) is 15.0 Å². The first kappa shape index (κ1) is 28.5. The highest BCUT2D eigenvalue weighted by atomic mass is 35.5. The Balaban J connectivity index is 1.52. The number of rotatable bonds is 9. The van der Waals surface area contributed by atoms with Crippen LogP contribution in [-0.4, -0.2) is 47.3 Å². The van der Waals surface area contributed by atoms with E-state index in [-0.39, 0.29) is 12.5 Å². The van der Waals surface area contributed by atoms with Crippen molar-refractivity contribution in [1.29, 1.82) is 0 Å². The summed E-state index contributed by atoms with van der Waals surface area (Å²) in [5.41, 5.74) is 6.39. The summed E-state index contributed by atoms with van der Waals surface area (Å²) in [6.07, 6.45) is 0. The largest absolute Gasteiger partial charge is 0.459 e. The van der Waals surface area contributed by atoms with Gasteiger partial charge in [-0.25, -0.2) is 0 Å². The lowest BCUT2D eigenvalue weighted by atomic mass is 9.94. The third-order valence-electron chi connectivity index (χ3n) is 6.06. The molecule has 0 bridgehead atoms. The van der Waals surface area contributed by atoms with Crippen molar-refractivity contribution >= 4 is 17.6 Å². The lowest BCUT2D eigenvalue weighted by molar-refractivity contribution is -0.155. The van der Waals surface area contributed by atoms with Crippen LogP contribution in [0.2, 0.25) is 5.02 Å². The van der Waals surface area contributed by atoms with Crippen molar-refractivity contribution < 1.29 is 18.8 Å². The number of likely N-dealkylation sites (N-methyl/N-ethyl adjacent to an activating group) is 1. The van der Waals surface area contributed by atoms with E-state index >= 15 is 0 Å². The zero-order valence-electron chi connectivity index (χ0n) is 23.2. The number of hydrogen-bond donors (Lipinski definition) is 0. The molecule has 0 spiro atoms. The molecule has 1 heterocycles. The number of methoxy groups -OCH3 is 1. The molecule has 0 fully saturated rings. The van der Waals surface area contributed by atoms with Crippen molar-refractivity contribution in [3.8, 4) is 34.0 Å². The normalized spacial score (nSPS) is 11.7. The van der Waals surface area contributed by atoms with E-state index in [4.69, 9.17) is 25.6 Å². The van der Waals surface area contributed by atoms with Crippen LogP contribution in [0.1, 0.15) is 37.5 Å². The fourth-order valence-electron chi connectivity index (χ4n) is 4.39. The van der Waals surface area contributed by atoms with E-state index in [2.05, 4.69) is 35.3 Å². The Labute approximate surface area is 234 Å². The van der Waals surface area contributed by atoms with Crippen LogP contribution in [0.15, 0.2) is 65.2 Å². The summed E-state index contributed by atoms with van der Waals surface area (Å²) in [5, 5.41) is 4.69. The summed E-state index contributed by atoms with van der Waals surface area (Å²) in [4.78, 5) is 18.6. The summed E-state index contributed by atoms with van der Waals surface area (Å²) in [6.45, 7) is 8.82. The Morgan fingerprint density at radius 3 is 2.46 bits per heavy atom. The first-order chi connectivity index (χ1) is 18.5. The average molecular weight is 548 g/mol. The minimum atomic E-state index is -0.513. The quantitative estimate of drug-likeness (QED) is 0.210. The van der Waals surface area contributed by atoms with Gasteiger partial charge in [0.2, 0.25) is 5.82 Å². The van der Waals surface area contributed by atoms with Crippen molar-refractivity contribution in [2.75, 3.05) is 20.7 Å². The Bertz CT molecular complexity index is 1460. The van der Waals surface area contributed by atoms with Crippen LogP contribution in [0.5, 0.6) is 0 Å². The number of hydrogen-bond acceptors (Lipinski definition) is 7. The third-order valence-corrected chi connectivity index (χ3v) is 6.37. The van der Waals surface area contributed by atoms with Gasteiger partial charge in [0.25, 0.3) is 5.89 Å². The molecule has 4 aromatic rings. The monoisotopic (exact) mass is 547 g/mol. The number of carbonyl (C=O) groups is 1. The minimum Gasteiger partial charge on any atom is -0.459 e. The molecule has 0 aliphatic carbocycles. The number of aryl methyl sites for hydroxylation is 1. The molecule has 0 amide bonds. The number of nitrogens with zero attached hydrogens (tertiary/aromatic N) is 3. The number of esters is 1. The highest BCUT2D eigenvalue weighted by molar-refractivity contribution is 6.33. The van der Waals surface area contributed by atoms with E-state index in [1.54, 1.807) is 7.11 Å². The summed E-state index contributed by atoms with van der Waals surface area (Å²) < 4.78 is 16.5. The molecule has 1 aromatic heterocycles. The van der Waals surface area contributed by atoms with Gasteiger partial charge in [-0.15, -0.1) is 0 Å². The third kappa shape index (κ3) is 7.32. The smallest absolute Gasteiger partial charge is 0.320 e. The molecule has 204 valence electrons. The Morgan fingerprint density at radius 2 is 1.77 bits per heavy atom. The summed E-state index contributed by atoms with van der Waals surface area (Å²) in [5.74, 6) is 0.531. The summed E-state index contributed by atoms with van der Waals surface area (Å²) >= 11 is 6.62. The number of aromatic nitrogens is 2. The highest BCUT2D eigenvalue weighted by Gasteiger charge is 2.19. The van der Waals surface area contributed by atoms with Gasteiger partial charge in [0.05, 0.1) is 18.2 Å². The molecule has 0 N–H and O–H groups in total. The molecule has 0 saturated heterocycles. The van der Waals surface area contributed by atoms with E-state index in [9.17, 15) is 4.79 Å². The zero-order valence-corrected chi connectivity index (χ0v) is 24.0. The first-order valence-corrected chi connectivity index (χ1v) is 13.1. The molecule has 7 nitrogen and oxygen atoms in total. The number of halogens is 1. The number of benzene rings is 3. The van der Waals surface area contributed by atoms with E-state index in [1.165, 1.54) is 5.56 Å². The van der Waals surface area contributed by atoms with Crippen LogP contribution in [-0.2, 0) is 27.4 Å². The molecule has 0 saturated carbocycles. The van der Waals surface area contributed by atoms with Gasteiger partial charge in [-0.3, -0.25) is 9.69 Å². The Morgan fingerprint density at radius 1 is 1.03 bits per heavy atom. The Kier molecular flexibility index (Phi) is 8.85. The van der Waals surface area contributed by atoms with Gasteiger partial charge in [-0.2, -0.15) is 4.98 Å². The Hall–Kier alpha value is -3.52. The first-order valence-electron chi connectivity index (χ1n) is 12.7. The van der Waals surface area contributed by atoms with Gasteiger partial charge >= 0.3 is 5.97 Å². The van der Waals surface area contributed by atoms with Crippen LogP contribution in [0, 0.1) is 6.92 Å². The molecular weight excluding hydrogens is 514 g/mol. The topological polar surface area (TPSA) is 77.7 Å². The van der Waals surface area contributed by atoms with E-state index in [1.807, 2.05) is 75.2 Å². The van der Waals surface area contributed by atoms with Gasteiger partial charge in [0.1, 0.15) is 5.60 Å². The lowest BCUT2D eigenvalue weighted by Crippen LogP contribution is -2.32. The van der Waals surface area contributed by atoms with Gasteiger partial charge in [-0.05, 0) is 86.8 Å². The van der Waals surface area contributed by atoms with Crippen molar-refractivity contribution in [2.24, 2.45) is 0 Å². The van der Waals surface area contributed by atoms with E-state index in [0.717, 1.165) is 27.8 Å². The molecule has 3 aromatic carbocycles. The van der Waals surface area contributed by atoms with Crippen LogP contribution in [0.4, 0.5) is 0 Å². The molecule has 0 unspecified atom stereocenters. The predicted octanol–water partition coefficient (Wildman–Crippen LogP) is 6.95. The molecular formula is C31H34ClN3O4. The predicted molar refractivity (Wildman–Crippen MR) is 153 cm³/mol. The average Bonchev–Trinajstić information content (AvgIpc) is 3.33. The summed E-state index contributed by atoms with van der Waals surface area (Å²) in [7, 11) is 3.54. The maximum Gasteiger partial charge on any atom is 0.320 e. The lowest BCUT2D eigenvalue weighted by Gasteiger charge is -2.22. The van der Waals surface area contributed by atoms with Gasteiger partial charge < -0.3 is 14.0 Å². The van der Waals surface area contributed by atoms with Crippen LogP contribution >= 0.6 is 11.6 Å². The highest BCUT2D eigenvalue weighted by Crippen LogP contribution is 2.33. The van der Waals surface area contributed by atoms with Crippen LogP contribution in [0.3, 0.4) is 0 Å². The molecule has 0 aliphatic heterocycles. The standard InChI is InChI=1S/C31H34ClN3O4/c1-20-9-7-8-10-24(20)25-14-12-22(16-23(25)19-37-6)30-33-29(34-39-30)26-13-11-21(15-27(26)32)17-35(5)18-28(36)38-31(2,3)4/h7-16H,17-19H2,1-6H3. The number of ether oxygens (including phenoxy) is 2. The minimum absolute atomic E-state index is 0.179. The van der Waals surface area contributed by atoms with Gasteiger partial charge in [0, 0.05) is 24.8 Å². The van der Waals surface area contributed by atoms with E-state index < -0.39 is 5.60 Å². The maximum absolute atomic E-state index is 12.1. The fraction of sp³-hybridized carbons (Fsp3) is 0.323. The van der Waals surface area contributed by atoms with Gasteiger partial charge in [-0.1, -0.05) is 53.2 Å². The second-order valence-corrected chi connectivity index (χ2v) is 11.0. The maximum atomic E-state index is 12.1. The molecule has 0 atom stereocenters. The van der Waals surface area contributed by atoms with Gasteiger partial charge in [0.15, 0.2) is 0 Å². The molecule has 39 heavy (non-hydrogen) atoms. The second kappa shape index (κ2) is 12.1. The number of carbonyl (C=O) groups excluding carboxylic acids is 1. The van der Waals surface area contributed by atoms with Crippen molar-refractivity contribution in [2.45, 2.75) is 46.4 Å². The van der Waals surface area contributed by atoms with Crippen molar-refractivity contribution in [3.63, 3.8) is 0 Å². The van der Waals surface area contributed by atoms with Crippen molar-refractivity contribution in [3.05, 3.63) is 82.4 Å². The zero-order chi connectivity index (χ0) is 28.2.